The summed E-state index contributed by atoms with van der Waals surface area (Å²) in [5.74, 6) is 1.71. The number of hydrogen-bond acceptors (Lipinski definition) is 2. The number of rotatable bonds is 3. The fourth-order valence-electron chi connectivity index (χ4n) is 3.80. The highest BCUT2D eigenvalue weighted by Crippen LogP contribution is 2.40. The minimum absolute atomic E-state index is 0.220. The van der Waals surface area contributed by atoms with Crippen molar-refractivity contribution < 1.29 is 5.11 Å². The molecule has 0 aromatic carbocycles. The highest BCUT2D eigenvalue weighted by molar-refractivity contribution is 4.88. The maximum absolute atomic E-state index is 9.82. The predicted molar refractivity (Wildman–Crippen MR) is 72.0 cm³/mol. The molecule has 2 unspecified atom stereocenters. The van der Waals surface area contributed by atoms with Gasteiger partial charge in [-0.25, -0.2) is 0 Å². The lowest BCUT2D eigenvalue weighted by Crippen LogP contribution is -2.45. The molecule has 1 heterocycles. The first-order chi connectivity index (χ1) is 8.13. The quantitative estimate of drug-likeness (QED) is 0.818. The molecule has 0 aromatic rings. The van der Waals surface area contributed by atoms with Crippen LogP contribution >= 0.6 is 0 Å². The van der Waals surface area contributed by atoms with Gasteiger partial charge in [-0.05, 0) is 50.6 Å². The summed E-state index contributed by atoms with van der Waals surface area (Å²) in [6, 6.07) is 0. The zero-order valence-corrected chi connectivity index (χ0v) is 11.6. The van der Waals surface area contributed by atoms with Crippen molar-refractivity contribution in [1.29, 1.82) is 0 Å². The number of piperidine rings is 1. The smallest absolute Gasteiger partial charge is 0.0499 e. The normalized spacial score (nSPS) is 37.2. The SMILES string of the molecule is CC1CCN(CC2(CO)CCCC(C)C2)CC1. The predicted octanol–water partition coefficient (Wildman–Crippen LogP) is 2.91. The highest BCUT2D eigenvalue weighted by Gasteiger charge is 2.36. The molecule has 2 atom stereocenters. The second kappa shape index (κ2) is 5.71. The molecule has 0 bridgehead atoms. The van der Waals surface area contributed by atoms with Crippen LogP contribution in [-0.4, -0.2) is 36.2 Å². The van der Waals surface area contributed by atoms with Gasteiger partial charge in [0.15, 0.2) is 0 Å². The van der Waals surface area contributed by atoms with Crippen LogP contribution in [-0.2, 0) is 0 Å². The van der Waals surface area contributed by atoms with Gasteiger partial charge in [-0.1, -0.05) is 26.7 Å². The van der Waals surface area contributed by atoms with Gasteiger partial charge in [-0.3, -0.25) is 0 Å². The number of likely N-dealkylation sites (tertiary alicyclic amines) is 1. The van der Waals surface area contributed by atoms with Crippen molar-refractivity contribution in [1.82, 2.24) is 4.90 Å². The van der Waals surface area contributed by atoms with E-state index < -0.39 is 0 Å². The maximum Gasteiger partial charge on any atom is 0.0499 e. The molecule has 2 fully saturated rings. The maximum atomic E-state index is 9.82. The van der Waals surface area contributed by atoms with Crippen LogP contribution in [0.15, 0.2) is 0 Å². The van der Waals surface area contributed by atoms with Crippen LogP contribution in [0.2, 0.25) is 0 Å². The molecule has 1 saturated heterocycles. The molecule has 1 N–H and O–H groups in total. The Balaban J connectivity index is 1.90. The van der Waals surface area contributed by atoms with Gasteiger partial charge in [0.1, 0.15) is 0 Å². The summed E-state index contributed by atoms with van der Waals surface area (Å²) >= 11 is 0. The first-order valence-corrected chi connectivity index (χ1v) is 7.47. The topological polar surface area (TPSA) is 23.5 Å². The summed E-state index contributed by atoms with van der Waals surface area (Å²) < 4.78 is 0. The van der Waals surface area contributed by atoms with Gasteiger partial charge < -0.3 is 10.0 Å². The molecule has 1 aliphatic carbocycles. The Morgan fingerprint density at radius 1 is 1.12 bits per heavy atom. The Kier molecular flexibility index (Phi) is 4.48. The number of nitrogens with zero attached hydrogens (tertiary/aromatic N) is 1. The van der Waals surface area contributed by atoms with Gasteiger partial charge >= 0.3 is 0 Å². The molecule has 2 nitrogen and oxygen atoms in total. The molecule has 2 rings (SSSR count). The van der Waals surface area contributed by atoms with Gasteiger partial charge in [0.25, 0.3) is 0 Å². The Hall–Kier alpha value is -0.0800. The summed E-state index contributed by atoms with van der Waals surface area (Å²) in [5.41, 5.74) is 0.220. The van der Waals surface area contributed by atoms with E-state index in [-0.39, 0.29) is 5.41 Å². The zero-order chi connectivity index (χ0) is 12.3. The monoisotopic (exact) mass is 239 g/mol. The molecule has 0 spiro atoms. The zero-order valence-electron chi connectivity index (χ0n) is 11.6. The standard InChI is InChI=1S/C15H29NO/c1-13-5-8-16(9-6-13)11-15(12-17)7-3-4-14(2)10-15/h13-14,17H,3-12H2,1-2H3. The van der Waals surface area contributed by atoms with Gasteiger partial charge in [0, 0.05) is 18.6 Å². The third-order valence-corrected chi connectivity index (χ3v) is 4.96. The van der Waals surface area contributed by atoms with E-state index in [0.29, 0.717) is 6.61 Å². The molecule has 2 aliphatic rings. The fraction of sp³-hybridized carbons (Fsp3) is 1.00. The first-order valence-electron chi connectivity index (χ1n) is 7.47. The average molecular weight is 239 g/mol. The molecule has 2 heteroatoms. The number of hydrogen-bond donors (Lipinski definition) is 1. The van der Waals surface area contributed by atoms with E-state index in [1.54, 1.807) is 0 Å². The Morgan fingerprint density at radius 2 is 1.82 bits per heavy atom. The van der Waals surface area contributed by atoms with Crippen LogP contribution in [0.4, 0.5) is 0 Å². The summed E-state index contributed by atoms with van der Waals surface area (Å²) in [4.78, 5) is 2.61. The molecular weight excluding hydrogens is 210 g/mol. The van der Waals surface area contributed by atoms with Gasteiger partial charge in [-0.2, -0.15) is 0 Å². The summed E-state index contributed by atoms with van der Waals surface area (Å²) in [7, 11) is 0. The molecule has 17 heavy (non-hydrogen) atoms. The molecule has 100 valence electrons. The van der Waals surface area contributed by atoms with E-state index in [1.807, 2.05) is 0 Å². The second-order valence-corrected chi connectivity index (χ2v) is 6.82. The van der Waals surface area contributed by atoms with E-state index in [2.05, 4.69) is 18.7 Å². The van der Waals surface area contributed by atoms with Crippen LogP contribution in [0.25, 0.3) is 0 Å². The second-order valence-electron chi connectivity index (χ2n) is 6.82. The van der Waals surface area contributed by atoms with Gasteiger partial charge in [0.2, 0.25) is 0 Å². The van der Waals surface area contributed by atoms with Crippen LogP contribution < -0.4 is 0 Å². The van der Waals surface area contributed by atoms with Gasteiger partial charge in [-0.15, -0.1) is 0 Å². The summed E-state index contributed by atoms with van der Waals surface area (Å²) in [6.45, 7) is 8.74. The third kappa shape index (κ3) is 3.45. The Labute approximate surface area is 106 Å². The van der Waals surface area contributed by atoms with Crippen molar-refractivity contribution in [3.8, 4) is 0 Å². The number of aliphatic hydroxyl groups is 1. The summed E-state index contributed by atoms with van der Waals surface area (Å²) in [6.07, 6.45) is 7.83. The van der Waals surface area contributed by atoms with E-state index in [1.165, 1.54) is 51.6 Å². The lowest BCUT2D eigenvalue weighted by molar-refractivity contribution is 0.0149. The van der Waals surface area contributed by atoms with Crippen LogP contribution in [0.1, 0.15) is 52.4 Å². The van der Waals surface area contributed by atoms with Crippen molar-refractivity contribution in [2.24, 2.45) is 17.3 Å². The number of aliphatic hydroxyl groups excluding tert-OH is 1. The van der Waals surface area contributed by atoms with Crippen molar-refractivity contribution in [2.75, 3.05) is 26.2 Å². The minimum atomic E-state index is 0.220. The Bertz CT molecular complexity index is 235. The third-order valence-electron chi connectivity index (χ3n) is 4.96. The molecule has 0 radical (unpaired) electrons. The summed E-state index contributed by atoms with van der Waals surface area (Å²) in [5, 5.41) is 9.82. The van der Waals surface area contributed by atoms with Crippen molar-refractivity contribution in [3.05, 3.63) is 0 Å². The average Bonchev–Trinajstić information content (AvgIpc) is 2.32. The van der Waals surface area contributed by atoms with Crippen molar-refractivity contribution in [3.63, 3.8) is 0 Å². The van der Waals surface area contributed by atoms with E-state index in [9.17, 15) is 5.11 Å². The van der Waals surface area contributed by atoms with Crippen molar-refractivity contribution in [2.45, 2.75) is 52.4 Å². The van der Waals surface area contributed by atoms with Crippen LogP contribution in [0.3, 0.4) is 0 Å². The molecule has 0 amide bonds. The van der Waals surface area contributed by atoms with Crippen LogP contribution in [0.5, 0.6) is 0 Å². The molecular formula is C15H29NO. The first kappa shape index (κ1) is 13.4. The lowest BCUT2D eigenvalue weighted by Gasteiger charge is -2.43. The lowest BCUT2D eigenvalue weighted by atomic mass is 9.70. The molecule has 0 aromatic heterocycles. The molecule has 1 saturated carbocycles. The van der Waals surface area contributed by atoms with Gasteiger partial charge in [0.05, 0.1) is 0 Å². The Morgan fingerprint density at radius 3 is 2.41 bits per heavy atom. The van der Waals surface area contributed by atoms with E-state index in [4.69, 9.17) is 0 Å². The highest BCUT2D eigenvalue weighted by atomic mass is 16.3. The minimum Gasteiger partial charge on any atom is -0.396 e. The van der Waals surface area contributed by atoms with E-state index >= 15 is 0 Å². The largest absolute Gasteiger partial charge is 0.396 e. The van der Waals surface area contributed by atoms with E-state index in [0.717, 1.165) is 18.4 Å². The molecule has 1 aliphatic heterocycles. The van der Waals surface area contributed by atoms with Crippen molar-refractivity contribution >= 4 is 0 Å². The fourth-order valence-corrected chi connectivity index (χ4v) is 3.80. The van der Waals surface area contributed by atoms with Crippen LogP contribution in [0, 0.1) is 17.3 Å².